The van der Waals surface area contributed by atoms with Crippen molar-refractivity contribution in [3.05, 3.63) is 86.5 Å². The van der Waals surface area contributed by atoms with E-state index >= 15 is 0 Å². The zero-order valence-electron chi connectivity index (χ0n) is 16.0. The second-order valence-corrected chi connectivity index (χ2v) is 7.88. The molecule has 3 nitrogen and oxygen atoms in total. The van der Waals surface area contributed by atoms with Crippen LogP contribution in [0.3, 0.4) is 0 Å². The minimum atomic E-state index is -0.0649. The first kappa shape index (κ1) is 18.5. The number of aryl methyl sites for hydroxylation is 5. The van der Waals surface area contributed by atoms with Crippen molar-refractivity contribution in [2.75, 3.05) is 0 Å². The third-order valence-electron chi connectivity index (χ3n) is 4.49. The van der Waals surface area contributed by atoms with E-state index in [2.05, 4.69) is 44.0 Å². The van der Waals surface area contributed by atoms with Gasteiger partial charge in [-0.25, -0.2) is 4.98 Å². The van der Waals surface area contributed by atoms with Gasteiger partial charge >= 0.3 is 0 Å². The maximum absolute atomic E-state index is 12.9. The molecule has 2 aromatic carbocycles. The number of benzene rings is 2. The molecule has 4 heteroatoms. The van der Waals surface area contributed by atoms with E-state index in [-0.39, 0.29) is 5.56 Å². The SMILES string of the molecule is Cc1cc(C)cc(-n2ccnc(SCc3c(C)cc(C)cc3C)c2=O)c1. The van der Waals surface area contributed by atoms with E-state index in [1.165, 1.54) is 34.0 Å². The molecule has 3 rings (SSSR count). The lowest BCUT2D eigenvalue weighted by Gasteiger charge is -2.12. The summed E-state index contributed by atoms with van der Waals surface area (Å²) in [6, 6.07) is 10.5. The van der Waals surface area contributed by atoms with E-state index in [0.29, 0.717) is 5.03 Å². The van der Waals surface area contributed by atoms with Gasteiger partial charge in [0.25, 0.3) is 5.56 Å². The summed E-state index contributed by atoms with van der Waals surface area (Å²) in [5.41, 5.74) is 8.19. The summed E-state index contributed by atoms with van der Waals surface area (Å²) < 4.78 is 1.68. The van der Waals surface area contributed by atoms with Crippen molar-refractivity contribution in [2.24, 2.45) is 0 Å². The Morgan fingerprint density at radius 2 is 1.46 bits per heavy atom. The third-order valence-corrected chi connectivity index (χ3v) is 5.47. The van der Waals surface area contributed by atoms with Gasteiger partial charge in [-0.2, -0.15) is 0 Å². The van der Waals surface area contributed by atoms with Crippen LogP contribution >= 0.6 is 11.8 Å². The number of thioether (sulfide) groups is 1. The van der Waals surface area contributed by atoms with Crippen LogP contribution in [0, 0.1) is 34.6 Å². The largest absolute Gasteiger partial charge is 0.287 e. The molecule has 1 heterocycles. The fourth-order valence-electron chi connectivity index (χ4n) is 3.36. The van der Waals surface area contributed by atoms with Gasteiger partial charge in [0, 0.05) is 23.8 Å². The summed E-state index contributed by atoms with van der Waals surface area (Å²) >= 11 is 1.51. The second kappa shape index (κ2) is 7.50. The highest BCUT2D eigenvalue weighted by molar-refractivity contribution is 7.98. The molecule has 134 valence electrons. The van der Waals surface area contributed by atoms with Crippen LogP contribution in [0.5, 0.6) is 0 Å². The molecule has 0 aliphatic heterocycles. The number of nitrogens with zero attached hydrogens (tertiary/aromatic N) is 2. The Morgan fingerprint density at radius 3 is 2.08 bits per heavy atom. The highest BCUT2D eigenvalue weighted by Gasteiger charge is 2.11. The average Bonchev–Trinajstić information content (AvgIpc) is 2.54. The van der Waals surface area contributed by atoms with Crippen LogP contribution in [0.15, 0.2) is 52.5 Å². The van der Waals surface area contributed by atoms with E-state index in [1.807, 2.05) is 26.0 Å². The van der Waals surface area contributed by atoms with Crippen LogP contribution in [0.25, 0.3) is 5.69 Å². The number of hydrogen-bond acceptors (Lipinski definition) is 3. The van der Waals surface area contributed by atoms with Crippen molar-refractivity contribution < 1.29 is 0 Å². The van der Waals surface area contributed by atoms with Crippen LogP contribution in [-0.2, 0) is 5.75 Å². The summed E-state index contributed by atoms with van der Waals surface area (Å²) in [6.45, 7) is 10.4. The minimum Gasteiger partial charge on any atom is -0.280 e. The Hall–Kier alpha value is -2.33. The number of rotatable bonds is 4. The topological polar surface area (TPSA) is 34.9 Å². The van der Waals surface area contributed by atoms with Crippen molar-refractivity contribution in [1.29, 1.82) is 0 Å². The molecule has 0 radical (unpaired) electrons. The van der Waals surface area contributed by atoms with E-state index in [4.69, 9.17) is 0 Å². The smallest absolute Gasteiger partial charge is 0.280 e. The van der Waals surface area contributed by atoms with Gasteiger partial charge < -0.3 is 0 Å². The van der Waals surface area contributed by atoms with Crippen LogP contribution in [0.2, 0.25) is 0 Å². The second-order valence-electron chi connectivity index (χ2n) is 6.92. The van der Waals surface area contributed by atoms with Gasteiger partial charge in [-0.15, -0.1) is 0 Å². The van der Waals surface area contributed by atoms with E-state index in [9.17, 15) is 4.79 Å². The first-order valence-corrected chi connectivity index (χ1v) is 9.69. The van der Waals surface area contributed by atoms with Crippen molar-refractivity contribution in [2.45, 2.75) is 45.4 Å². The van der Waals surface area contributed by atoms with Crippen LogP contribution < -0.4 is 5.56 Å². The molecule has 0 bridgehead atoms. The Balaban J connectivity index is 1.92. The summed E-state index contributed by atoms with van der Waals surface area (Å²) in [6.07, 6.45) is 3.44. The normalized spacial score (nSPS) is 11.0. The maximum Gasteiger partial charge on any atom is 0.287 e. The lowest BCUT2D eigenvalue weighted by molar-refractivity contribution is 0.880. The molecule has 0 aliphatic carbocycles. The average molecular weight is 365 g/mol. The predicted molar refractivity (Wildman–Crippen MR) is 110 cm³/mol. The molecule has 0 N–H and O–H groups in total. The Morgan fingerprint density at radius 1 is 0.885 bits per heavy atom. The van der Waals surface area contributed by atoms with Gasteiger partial charge in [-0.1, -0.05) is 35.5 Å². The van der Waals surface area contributed by atoms with Gasteiger partial charge in [-0.3, -0.25) is 9.36 Å². The zero-order valence-corrected chi connectivity index (χ0v) is 16.8. The molecule has 0 saturated carbocycles. The number of hydrogen-bond donors (Lipinski definition) is 0. The summed E-state index contributed by atoms with van der Waals surface area (Å²) in [4.78, 5) is 17.2. The number of aromatic nitrogens is 2. The van der Waals surface area contributed by atoms with Crippen molar-refractivity contribution >= 4 is 11.8 Å². The Bertz CT molecular complexity index is 978. The quantitative estimate of drug-likeness (QED) is 0.607. The first-order valence-electron chi connectivity index (χ1n) is 8.71. The molecule has 1 aromatic heterocycles. The zero-order chi connectivity index (χ0) is 18.8. The first-order chi connectivity index (χ1) is 12.3. The van der Waals surface area contributed by atoms with E-state index in [1.54, 1.807) is 17.0 Å². The highest BCUT2D eigenvalue weighted by atomic mass is 32.2. The molecule has 0 aliphatic rings. The van der Waals surface area contributed by atoms with Gasteiger partial charge in [0.2, 0.25) is 0 Å². The molecule has 0 saturated heterocycles. The lowest BCUT2D eigenvalue weighted by atomic mass is 10.0. The molecule has 0 spiro atoms. The molecule has 26 heavy (non-hydrogen) atoms. The van der Waals surface area contributed by atoms with Crippen molar-refractivity contribution in [1.82, 2.24) is 9.55 Å². The van der Waals surface area contributed by atoms with Gasteiger partial charge in [0.15, 0.2) is 5.03 Å². The molecule has 0 amide bonds. The van der Waals surface area contributed by atoms with Gasteiger partial charge in [0.1, 0.15) is 0 Å². The Kier molecular flexibility index (Phi) is 5.33. The minimum absolute atomic E-state index is 0.0649. The molecular weight excluding hydrogens is 340 g/mol. The molecular formula is C22H24N2OS. The molecule has 0 atom stereocenters. The summed E-state index contributed by atoms with van der Waals surface area (Å²) in [5, 5.41) is 0.533. The van der Waals surface area contributed by atoms with Crippen LogP contribution in [-0.4, -0.2) is 9.55 Å². The van der Waals surface area contributed by atoms with Crippen molar-refractivity contribution in [3.8, 4) is 5.69 Å². The third kappa shape index (κ3) is 3.91. The fraction of sp³-hybridized carbons (Fsp3) is 0.273. The predicted octanol–water partition coefficient (Wildman–Crippen LogP) is 5.07. The summed E-state index contributed by atoms with van der Waals surface area (Å²) in [5.74, 6) is 0.747. The monoisotopic (exact) mass is 364 g/mol. The van der Waals surface area contributed by atoms with Crippen LogP contribution in [0.4, 0.5) is 0 Å². The lowest BCUT2D eigenvalue weighted by Crippen LogP contribution is -2.20. The fourth-order valence-corrected chi connectivity index (χ4v) is 4.46. The standard InChI is InChI=1S/C22H24N2OS/c1-14-8-15(2)12-19(11-14)24-7-6-23-21(22(24)25)26-13-20-17(4)9-16(3)10-18(20)5/h6-12H,13H2,1-5H3. The molecule has 0 fully saturated rings. The molecule has 0 unspecified atom stereocenters. The highest BCUT2D eigenvalue weighted by Crippen LogP contribution is 2.24. The van der Waals surface area contributed by atoms with E-state index < -0.39 is 0 Å². The van der Waals surface area contributed by atoms with Crippen LogP contribution in [0.1, 0.15) is 33.4 Å². The van der Waals surface area contributed by atoms with Gasteiger partial charge in [0.05, 0.1) is 0 Å². The Labute approximate surface area is 159 Å². The van der Waals surface area contributed by atoms with Gasteiger partial charge in [-0.05, 0) is 74.6 Å². The van der Waals surface area contributed by atoms with Crippen molar-refractivity contribution in [3.63, 3.8) is 0 Å². The summed E-state index contributed by atoms with van der Waals surface area (Å²) in [7, 11) is 0. The van der Waals surface area contributed by atoms with E-state index in [0.717, 1.165) is 22.6 Å². The molecule has 3 aromatic rings. The maximum atomic E-state index is 12.9.